The number of fused-ring (bicyclic) bond motifs is 1. The Labute approximate surface area is 121 Å². The van der Waals surface area contributed by atoms with Crippen LogP contribution < -0.4 is 5.32 Å². The minimum absolute atomic E-state index is 0.0768. The quantitative estimate of drug-likeness (QED) is 0.876. The summed E-state index contributed by atoms with van der Waals surface area (Å²) in [5.74, 6) is -1.16. The maximum atomic E-state index is 12.1. The van der Waals surface area contributed by atoms with E-state index in [1.165, 1.54) is 11.3 Å². The Bertz CT molecular complexity index is 519. The summed E-state index contributed by atoms with van der Waals surface area (Å²) < 4.78 is 5.34. The number of anilines is 1. The summed E-state index contributed by atoms with van der Waals surface area (Å²) in [6.07, 6.45) is 2.09. The average molecular weight is 297 g/mol. The van der Waals surface area contributed by atoms with Crippen LogP contribution in [0.2, 0.25) is 0 Å². The Morgan fingerprint density at radius 1 is 1.40 bits per heavy atom. The number of aromatic carboxylic acids is 1. The molecular formula is C14H19NO4S. The molecule has 1 aliphatic heterocycles. The summed E-state index contributed by atoms with van der Waals surface area (Å²) >= 11 is 1.32. The van der Waals surface area contributed by atoms with Gasteiger partial charge in [0.25, 0.3) is 0 Å². The van der Waals surface area contributed by atoms with Crippen molar-refractivity contribution in [3.8, 4) is 0 Å². The molecule has 6 heteroatoms. The second kappa shape index (κ2) is 6.37. The van der Waals surface area contributed by atoms with E-state index in [9.17, 15) is 14.7 Å². The normalized spacial score (nSPS) is 14.2. The highest BCUT2D eigenvalue weighted by Crippen LogP contribution is 2.36. The van der Waals surface area contributed by atoms with Crippen LogP contribution >= 0.6 is 11.3 Å². The van der Waals surface area contributed by atoms with Gasteiger partial charge in [-0.15, -0.1) is 11.3 Å². The van der Waals surface area contributed by atoms with Crippen LogP contribution in [0, 0.1) is 5.92 Å². The topological polar surface area (TPSA) is 75.6 Å². The molecule has 110 valence electrons. The van der Waals surface area contributed by atoms with E-state index in [4.69, 9.17) is 4.74 Å². The predicted molar refractivity (Wildman–Crippen MR) is 77.3 cm³/mol. The molecule has 20 heavy (non-hydrogen) atoms. The van der Waals surface area contributed by atoms with Crippen molar-refractivity contribution in [1.29, 1.82) is 0 Å². The maximum Gasteiger partial charge on any atom is 0.339 e. The maximum absolute atomic E-state index is 12.1. The van der Waals surface area contributed by atoms with E-state index >= 15 is 0 Å². The number of hydrogen-bond donors (Lipinski definition) is 2. The lowest BCUT2D eigenvalue weighted by Crippen LogP contribution is -2.22. The molecular weight excluding hydrogens is 278 g/mol. The zero-order chi connectivity index (χ0) is 14.7. The van der Waals surface area contributed by atoms with Crippen LogP contribution in [0.3, 0.4) is 0 Å². The SMILES string of the molecule is CCC(CC)C(=O)Nc1sc2c(c1C(=O)O)CCOC2. The Balaban J connectivity index is 2.29. The fourth-order valence-electron chi connectivity index (χ4n) is 2.42. The standard InChI is InChI=1S/C14H19NO4S/c1-3-8(4-2)12(16)15-13-11(14(17)18)9-5-6-19-7-10(9)20-13/h8H,3-7H2,1-2H3,(H,15,16)(H,17,18). The molecule has 1 amide bonds. The first kappa shape index (κ1) is 15.0. The van der Waals surface area contributed by atoms with Gasteiger partial charge in [0.05, 0.1) is 18.8 Å². The molecule has 0 bridgehead atoms. The van der Waals surface area contributed by atoms with Crippen molar-refractivity contribution in [2.45, 2.75) is 39.7 Å². The highest BCUT2D eigenvalue weighted by molar-refractivity contribution is 7.17. The van der Waals surface area contributed by atoms with Crippen LogP contribution in [0.4, 0.5) is 5.00 Å². The number of amides is 1. The van der Waals surface area contributed by atoms with Crippen molar-refractivity contribution >= 4 is 28.2 Å². The van der Waals surface area contributed by atoms with Gasteiger partial charge >= 0.3 is 5.97 Å². The van der Waals surface area contributed by atoms with Crippen LogP contribution in [0.15, 0.2) is 0 Å². The summed E-state index contributed by atoms with van der Waals surface area (Å²) in [5.41, 5.74) is 1.06. The third kappa shape index (κ3) is 2.86. The molecule has 5 nitrogen and oxygen atoms in total. The molecule has 0 saturated carbocycles. The molecule has 0 aliphatic carbocycles. The van der Waals surface area contributed by atoms with Crippen molar-refractivity contribution in [2.24, 2.45) is 5.92 Å². The molecule has 0 spiro atoms. The molecule has 0 saturated heterocycles. The van der Waals surface area contributed by atoms with E-state index < -0.39 is 5.97 Å². The van der Waals surface area contributed by atoms with Crippen molar-refractivity contribution in [1.82, 2.24) is 0 Å². The Morgan fingerprint density at radius 2 is 2.10 bits per heavy atom. The second-order valence-electron chi connectivity index (χ2n) is 4.82. The Hall–Kier alpha value is -1.40. The number of hydrogen-bond acceptors (Lipinski definition) is 4. The highest BCUT2D eigenvalue weighted by atomic mass is 32.1. The number of carboxylic acid groups (broad SMARTS) is 1. The van der Waals surface area contributed by atoms with E-state index in [1.807, 2.05) is 13.8 Å². The molecule has 1 aromatic rings. The molecule has 1 aromatic heterocycles. The number of nitrogens with one attached hydrogen (secondary N) is 1. The van der Waals surface area contributed by atoms with Crippen molar-refractivity contribution in [3.05, 3.63) is 16.0 Å². The van der Waals surface area contributed by atoms with Crippen LogP contribution in [0.25, 0.3) is 0 Å². The Kier molecular flexibility index (Phi) is 4.77. The zero-order valence-corrected chi connectivity index (χ0v) is 12.5. The highest BCUT2D eigenvalue weighted by Gasteiger charge is 2.27. The smallest absolute Gasteiger partial charge is 0.339 e. The average Bonchev–Trinajstić information content (AvgIpc) is 2.77. The van der Waals surface area contributed by atoms with Gasteiger partial charge in [0.15, 0.2) is 0 Å². The van der Waals surface area contributed by atoms with Gasteiger partial charge in [0.2, 0.25) is 5.91 Å². The zero-order valence-electron chi connectivity index (χ0n) is 11.7. The lowest BCUT2D eigenvalue weighted by molar-refractivity contribution is -0.120. The van der Waals surface area contributed by atoms with E-state index in [2.05, 4.69) is 5.32 Å². The third-order valence-corrected chi connectivity index (χ3v) is 4.75. The monoisotopic (exact) mass is 297 g/mol. The largest absolute Gasteiger partial charge is 0.478 e. The van der Waals surface area contributed by atoms with E-state index in [-0.39, 0.29) is 17.4 Å². The van der Waals surface area contributed by atoms with Gasteiger partial charge in [-0.25, -0.2) is 4.79 Å². The van der Waals surface area contributed by atoms with Gasteiger partial charge < -0.3 is 15.2 Å². The Morgan fingerprint density at radius 3 is 2.70 bits per heavy atom. The predicted octanol–water partition coefficient (Wildman–Crippen LogP) is 2.89. The van der Waals surface area contributed by atoms with E-state index in [0.29, 0.717) is 24.6 Å². The van der Waals surface area contributed by atoms with Crippen LogP contribution in [0.5, 0.6) is 0 Å². The molecule has 2 heterocycles. The minimum atomic E-state index is -0.982. The fraction of sp³-hybridized carbons (Fsp3) is 0.571. The molecule has 2 N–H and O–H groups in total. The third-order valence-electron chi connectivity index (χ3n) is 3.63. The number of ether oxygens (including phenoxy) is 1. The van der Waals surface area contributed by atoms with Crippen LogP contribution in [-0.4, -0.2) is 23.6 Å². The molecule has 1 aliphatic rings. The van der Waals surface area contributed by atoms with Gasteiger partial charge in [0.1, 0.15) is 5.00 Å². The summed E-state index contributed by atoms with van der Waals surface area (Å²) in [6.45, 7) is 4.88. The first-order chi connectivity index (χ1) is 9.58. The number of carbonyl (C=O) groups excluding carboxylic acids is 1. The first-order valence-electron chi connectivity index (χ1n) is 6.84. The molecule has 0 atom stereocenters. The van der Waals surface area contributed by atoms with Crippen LogP contribution in [0.1, 0.15) is 47.5 Å². The van der Waals surface area contributed by atoms with Gasteiger partial charge in [-0.1, -0.05) is 13.8 Å². The molecule has 0 aromatic carbocycles. The molecule has 2 rings (SSSR count). The van der Waals surface area contributed by atoms with Gasteiger partial charge in [-0.05, 0) is 24.8 Å². The summed E-state index contributed by atoms with van der Waals surface area (Å²) in [4.78, 5) is 24.5. The van der Waals surface area contributed by atoms with Crippen molar-refractivity contribution in [2.75, 3.05) is 11.9 Å². The lowest BCUT2D eigenvalue weighted by atomic mass is 10.0. The first-order valence-corrected chi connectivity index (χ1v) is 7.66. The number of carboxylic acids is 1. The number of carbonyl (C=O) groups is 2. The molecule has 0 radical (unpaired) electrons. The number of rotatable bonds is 5. The summed E-state index contributed by atoms with van der Waals surface area (Å²) in [6, 6.07) is 0. The van der Waals surface area contributed by atoms with Gasteiger partial charge in [-0.2, -0.15) is 0 Å². The second-order valence-corrected chi connectivity index (χ2v) is 5.92. The fourth-order valence-corrected chi connectivity index (χ4v) is 3.60. The van der Waals surface area contributed by atoms with Gasteiger partial charge in [0, 0.05) is 10.8 Å². The van der Waals surface area contributed by atoms with E-state index in [1.54, 1.807) is 0 Å². The van der Waals surface area contributed by atoms with Crippen molar-refractivity contribution in [3.63, 3.8) is 0 Å². The molecule has 0 fully saturated rings. The minimum Gasteiger partial charge on any atom is -0.478 e. The summed E-state index contributed by atoms with van der Waals surface area (Å²) in [7, 11) is 0. The van der Waals surface area contributed by atoms with Crippen LogP contribution in [-0.2, 0) is 22.6 Å². The number of thiophene rings is 1. The lowest BCUT2D eigenvalue weighted by Gasteiger charge is -2.13. The van der Waals surface area contributed by atoms with Gasteiger partial charge in [-0.3, -0.25) is 4.79 Å². The molecule has 0 unspecified atom stereocenters. The van der Waals surface area contributed by atoms with Crippen molar-refractivity contribution < 1.29 is 19.4 Å². The van der Waals surface area contributed by atoms with E-state index in [0.717, 1.165) is 23.3 Å². The summed E-state index contributed by atoms with van der Waals surface area (Å²) in [5, 5.41) is 12.6.